The van der Waals surface area contributed by atoms with E-state index >= 15 is 0 Å². The predicted octanol–water partition coefficient (Wildman–Crippen LogP) is 2.38. The number of nitrogens with one attached hydrogen (secondary N) is 2. The molecule has 2 aromatic carbocycles. The molecule has 7 heteroatoms. The molecular formula is C16H16N2O4S. The number of aryl methyl sites for hydroxylation is 1. The molecule has 1 aliphatic rings. The van der Waals surface area contributed by atoms with Crippen molar-refractivity contribution in [1.29, 1.82) is 0 Å². The molecule has 0 bridgehead atoms. The van der Waals surface area contributed by atoms with E-state index in [1.807, 2.05) is 6.92 Å². The Balaban J connectivity index is 1.85. The molecule has 0 fully saturated rings. The summed E-state index contributed by atoms with van der Waals surface area (Å²) in [5.74, 6) is 0.243. The second-order valence-corrected chi connectivity index (χ2v) is 6.83. The van der Waals surface area contributed by atoms with Crippen molar-refractivity contribution >= 4 is 27.3 Å². The molecular weight excluding hydrogens is 316 g/mol. The topological polar surface area (TPSA) is 84.5 Å². The van der Waals surface area contributed by atoms with Gasteiger partial charge < -0.3 is 10.1 Å². The van der Waals surface area contributed by atoms with Gasteiger partial charge in [-0.2, -0.15) is 0 Å². The van der Waals surface area contributed by atoms with Gasteiger partial charge in [-0.1, -0.05) is 19.1 Å². The van der Waals surface area contributed by atoms with Gasteiger partial charge in [0.15, 0.2) is 6.61 Å². The molecule has 0 saturated heterocycles. The third kappa shape index (κ3) is 3.29. The zero-order chi connectivity index (χ0) is 16.4. The van der Waals surface area contributed by atoms with Crippen LogP contribution in [-0.4, -0.2) is 20.9 Å². The first-order valence-electron chi connectivity index (χ1n) is 7.16. The molecule has 120 valence electrons. The molecule has 0 atom stereocenters. The number of anilines is 2. The molecule has 2 N–H and O–H groups in total. The first-order valence-corrected chi connectivity index (χ1v) is 8.65. The Morgan fingerprint density at radius 2 is 1.91 bits per heavy atom. The van der Waals surface area contributed by atoms with Crippen molar-refractivity contribution in [2.45, 2.75) is 18.2 Å². The van der Waals surface area contributed by atoms with E-state index in [2.05, 4.69) is 10.0 Å². The van der Waals surface area contributed by atoms with Gasteiger partial charge in [-0.15, -0.1) is 0 Å². The van der Waals surface area contributed by atoms with Gasteiger partial charge in [-0.05, 0) is 42.3 Å². The molecule has 1 amide bonds. The van der Waals surface area contributed by atoms with Crippen LogP contribution in [0.25, 0.3) is 0 Å². The van der Waals surface area contributed by atoms with E-state index in [1.54, 1.807) is 36.4 Å². The van der Waals surface area contributed by atoms with Crippen molar-refractivity contribution in [2.24, 2.45) is 0 Å². The summed E-state index contributed by atoms with van der Waals surface area (Å²) in [5, 5.41) is 2.64. The second-order valence-electron chi connectivity index (χ2n) is 5.15. The fourth-order valence-corrected chi connectivity index (χ4v) is 3.31. The van der Waals surface area contributed by atoms with E-state index in [-0.39, 0.29) is 17.4 Å². The van der Waals surface area contributed by atoms with Crippen LogP contribution in [0.4, 0.5) is 11.4 Å². The lowest BCUT2D eigenvalue weighted by molar-refractivity contribution is -0.118. The highest BCUT2D eigenvalue weighted by atomic mass is 32.2. The van der Waals surface area contributed by atoms with Crippen LogP contribution in [0.15, 0.2) is 47.4 Å². The third-order valence-electron chi connectivity index (χ3n) is 3.51. The van der Waals surface area contributed by atoms with Crippen LogP contribution in [0.1, 0.15) is 12.5 Å². The average Bonchev–Trinajstić information content (AvgIpc) is 2.54. The van der Waals surface area contributed by atoms with Gasteiger partial charge in [0.25, 0.3) is 15.9 Å². The minimum atomic E-state index is -3.68. The molecule has 3 rings (SSSR count). The fraction of sp³-hybridized carbons (Fsp3) is 0.188. The largest absolute Gasteiger partial charge is 0.482 e. The van der Waals surface area contributed by atoms with Crippen LogP contribution in [0.3, 0.4) is 0 Å². The standard InChI is InChI=1S/C16H16N2O4S/c1-2-11-3-6-13(7-4-11)23(20,21)18-12-5-8-15-14(9-12)17-16(19)10-22-15/h3-9,18H,2,10H2,1H3,(H,17,19). The number of hydrogen-bond donors (Lipinski definition) is 2. The number of ether oxygens (including phenoxy) is 1. The SMILES string of the molecule is CCc1ccc(S(=O)(=O)Nc2ccc3c(c2)NC(=O)CO3)cc1. The first kappa shape index (κ1) is 15.4. The minimum absolute atomic E-state index is 0.0398. The van der Waals surface area contributed by atoms with Crippen molar-refractivity contribution < 1.29 is 17.9 Å². The molecule has 6 nitrogen and oxygen atoms in total. The highest BCUT2D eigenvalue weighted by molar-refractivity contribution is 7.92. The Morgan fingerprint density at radius 1 is 1.17 bits per heavy atom. The molecule has 0 spiro atoms. The summed E-state index contributed by atoms with van der Waals surface area (Å²) in [6.45, 7) is 1.97. The molecule has 23 heavy (non-hydrogen) atoms. The number of rotatable bonds is 4. The average molecular weight is 332 g/mol. The van der Waals surface area contributed by atoms with E-state index in [0.29, 0.717) is 17.1 Å². The Morgan fingerprint density at radius 3 is 2.61 bits per heavy atom. The van der Waals surface area contributed by atoms with E-state index in [9.17, 15) is 13.2 Å². The molecule has 1 aliphatic heterocycles. The van der Waals surface area contributed by atoms with E-state index in [0.717, 1.165) is 12.0 Å². The summed E-state index contributed by atoms with van der Waals surface area (Å²) >= 11 is 0. The summed E-state index contributed by atoms with van der Waals surface area (Å²) in [6.07, 6.45) is 0.846. The highest BCUT2D eigenvalue weighted by Gasteiger charge is 2.18. The van der Waals surface area contributed by atoms with E-state index in [4.69, 9.17) is 4.74 Å². The Hall–Kier alpha value is -2.54. The van der Waals surface area contributed by atoms with Crippen molar-refractivity contribution in [3.05, 3.63) is 48.0 Å². The number of sulfonamides is 1. The van der Waals surface area contributed by atoms with Crippen LogP contribution >= 0.6 is 0 Å². The molecule has 0 radical (unpaired) electrons. The zero-order valence-corrected chi connectivity index (χ0v) is 13.3. The zero-order valence-electron chi connectivity index (χ0n) is 12.5. The molecule has 2 aromatic rings. The highest BCUT2D eigenvalue weighted by Crippen LogP contribution is 2.31. The third-order valence-corrected chi connectivity index (χ3v) is 4.90. The smallest absolute Gasteiger partial charge is 0.262 e. The number of hydrogen-bond acceptors (Lipinski definition) is 4. The van der Waals surface area contributed by atoms with Gasteiger partial charge >= 0.3 is 0 Å². The van der Waals surface area contributed by atoms with Gasteiger partial charge in [0, 0.05) is 0 Å². The van der Waals surface area contributed by atoms with Crippen molar-refractivity contribution in [3.63, 3.8) is 0 Å². The number of carbonyl (C=O) groups excluding carboxylic acids is 1. The van der Waals surface area contributed by atoms with Crippen LogP contribution in [-0.2, 0) is 21.2 Å². The first-order chi connectivity index (χ1) is 11.0. The molecule has 1 heterocycles. The van der Waals surface area contributed by atoms with Gasteiger partial charge in [0.05, 0.1) is 16.3 Å². The summed E-state index contributed by atoms with van der Waals surface area (Å²) in [4.78, 5) is 11.5. The van der Waals surface area contributed by atoms with Crippen LogP contribution in [0.5, 0.6) is 5.75 Å². The lowest BCUT2D eigenvalue weighted by Gasteiger charge is -2.18. The van der Waals surface area contributed by atoms with Crippen molar-refractivity contribution in [3.8, 4) is 5.75 Å². The summed E-state index contributed by atoms with van der Waals surface area (Å²) in [7, 11) is -3.68. The van der Waals surface area contributed by atoms with E-state index < -0.39 is 10.0 Å². The monoisotopic (exact) mass is 332 g/mol. The number of carbonyl (C=O) groups is 1. The van der Waals surface area contributed by atoms with Crippen LogP contribution in [0.2, 0.25) is 0 Å². The lowest BCUT2D eigenvalue weighted by atomic mass is 10.2. The number of benzene rings is 2. The van der Waals surface area contributed by atoms with E-state index in [1.165, 1.54) is 6.07 Å². The molecule has 0 aliphatic carbocycles. The van der Waals surface area contributed by atoms with Gasteiger partial charge in [0.1, 0.15) is 5.75 Å². The molecule has 0 aromatic heterocycles. The maximum Gasteiger partial charge on any atom is 0.262 e. The quantitative estimate of drug-likeness (QED) is 0.900. The normalized spacial score (nSPS) is 13.7. The second kappa shape index (κ2) is 5.92. The number of amides is 1. The Kier molecular flexibility index (Phi) is 3.96. The maximum absolute atomic E-state index is 12.4. The predicted molar refractivity (Wildman–Crippen MR) is 87.2 cm³/mol. The molecule has 0 unspecified atom stereocenters. The van der Waals surface area contributed by atoms with Crippen molar-refractivity contribution in [1.82, 2.24) is 0 Å². The van der Waals surface area contributed by atoms with Crippen LogP contribution < -0.4 is 14.8 Å². The Bertz CT molecular complexity index is 845. The molecule has 0 saturated carbocycles. The summed E-state index contributed by atoms with van der Waals surface area (Å²) in [6, 6.07) is 11.5. The number of fused-ring (bicyclic) bond motifs is 1. The minimum Gasteiger partial charge on any atom is -0.482 e. The fourth-order valence-electron chi connectivity index (χ4n) is 2.26. The van der Waals surface area contributed by atoms with Gasteiger partial charge in [0.2, 0.25) is 0 Å². The summed E-state index contributed by atoms with van der Waals surface area (Å²) < 4.78 is 32.6. The van der Waals surface area contributed by atoms with Gasteiger partial charge in [-0.25, -0.2) is 8.42 Å². The maximum atomic E-state index is 12.4. The van der Waals surface area contributed by atoms with Crippen molar-refractivity contribution in [2.75, 3.05) is 16.6 Å². The van der Waals surface area contributed by atoms with Crippen LogP contribution in [0, 0.1) is 0 Å². The lowest BCUT2D eigenvalue weighted by Crippen LogP contribution is -2.25. The summed E-state index contributed by atoms with van der Waals surface area (Å²) in [5.41, 5.74) is 1.87. The Labute approximate surface area is 134 Å². The van der Waals surface area contributed by atoms with Gasteiger partial charge in [-0.3, -0.25) is 9.52 Å².